The van der Waals surface area contributed by atoms with Crippen LogP contribution in [-0.4, -0.2) is 24.9 Å². The predicted octanol–water partition coefficient (Wildman–Crippen LogP) is 1.55. The monoisotopic (exact) mass is 123 g/mol. The third kappa shape index (κ3) is 5.82. The Bertz CT molecular complexity index is 46.4. The van der Waals surface area contributed by atoms with E-state index in [-0.39, 0.29) is 13.0 Å². The van der Waals surface area contributed by atoms with Gasteiger partial charge in [-0.25, -0.2) is 4.39 Å². The average Bonchev–Trinajstić information content (AvgIpc) is 1.61. The molecule has 0 rings (SSSR count). The lowest BCUT2D eigenvalue weighted by Gasteiger charge is -2.03. The Balaban J connectivity index is 2.93. The Labute approximate surface area is 48.2 Å². The summed E-state index contributed by atoms with van der Waals surface area (Å²) >= 11 is 0. The molecule has 0 aliphatic rings. The Morgan fingerprint density at radius 2 is 2.12 bits per heavy atom. The van der Waals surface area contributed by atoms with Gasteiger partial charge in [-0.1, -0.05) is 0 Å². The van der Waals surface area contributed by atoms with Crippen LogP contribution in [0.5, 0.6) is 0 Å². The van der Waals surface area contributed by atoms with Crippen molar-refractivity contribution in [2.75, 3.05) is 13.6 Å². The van der Waals surface area contributed by atoms with Gasteiger partial charge >= 0.3 is 0 Å². The number of hydrogen-bond donors (Lipinski definition) is 0. The molecular formula is C5H11F2N. The van der Waals surface area contributed by atoms with E-state index in [0.717, 1.165) is 0 Å². The normalized spacial score (nSPS) is 14.6. The lowest BCUT2D eigenvalue weighted by Crippen LogP contribution is -2.11. The summed E-state index contributed by atoms with van der Waals surface area (Å²) in [4.78, 5) is 0. The minimum Gasteiger partial charge on any atom is -0.248 e. The lowest BCUT2D eigenvalue weighted by molar-refractivity contribution is 0.0512. The molecule has 0 aromatic rings. The molecule has 0 radical (unpaired) electrons. The van der Waals surface area contributed by atoms with Gasteiger partial charge in [-0.05, 0) is 13.3 Å². The molecule has 0 N–H and O–H groups in total. The highest BCUT2D eigenvalue weighted by atomic mass is 19.2. The van der Waals surface area contributed by atoms with Crippen LogP contribution in [0.3, 0.4) is 0 Å². The quantitative estimate of drug-likeness (QED) is 0.514. The first-order valence-corrected chi connectivity index (χ1v) is 2.64. The smallest absolute Gasteiger partial charge is 0.0986 e. The first-order chi connectivity index (χ1) is 3.63. The van der Waals surface area contributed by atoms with Crippen molar-refractivity contribution in [2.24, 2.45) is 0 Å². The number of nitrogens with zero attached hydrogens (tertiary/aromatic N) is 1. The highest BCUT2D eigenvalue weighted by Crippen LogP contribution is 1.96. The summed E-state index contributed by atoms with van der Waals surface area (Å²) in [5.41, 5.74) is 0. The van der Waals surface area contributed by atoms with Gasteiger partial charge in [0.1, 0.15) is 0 Å². The van der Waals surface area contributed by atoms with Gasteiger partial charge in [-0.3, -0.25) is 0 Å². The second-order valence-corrected chi connectivity index (χ2v) is 1.90. The summed E-state index contributed by atoms with van der Waals surface area (Å²) in [6.07, 6.45) is -0.624. The second-order valence-electron chi connectivity index (χ2n) is 1.90. The molecule has 0 fully saturated rings. The first kappa shape index (κ1) is 7.82. The molecule has 1 nitrogen and oxygen atoms in total. The Hall–Kier alpha value is -0.180. The van der Waals surface area contributed by atoms with E-state index in [0.29, 0.717) is 5.12 Å². The summed E-state index contributed by atoms with van der Waals surface area (Å²) in [5, 5.41) is 0.482. The minimum atomic E-state index is -0.895. The van der Waals surface area contributed by atoms with Gasteiger partial charge in [-0.15, -0.1) is 9.60 Å². The molecule has 8 heavy (non-hydrogen) atoms. The number of hydrogen-bond acceptors (Lipinski definition) is 1. The molecule has 0 bridgehead atoms. The van der Waals surface area contributed by atoms with Gasteiger partial charge in [0.15, 0.2) is 0 Å². The molecule has 0 spiro atoms. The van der Waals surface area contributed by atoms with Crippen molar-refractivity contribution in [3.63, 3.8) is 0 Å². The van der Waals surface area contributed by atoms with E-state index in [2.05, 4.69) is 0 Å². The summed E-state index contributed by atoms with van der Waals surface area (Å²) < 4.78 is 23.6. The van der Waals surface area contributed by atoms with E-state index in [1.165, 1.54) is 14.0 Å². The molecule has 0 aliphatic heterocycles. The molecule has 1 unspecified atom stereocenters. The molecule has 0 amide bonds. The van der Waals surface area contributed by atoms with Crippen LogP contribution in [0.15, 0.2) is 0 Å². The SMILES string of the molecule is CC(F)CCN(C)F. The van der Waals surface area contributed by atoms with Gasteiger partial charge in [0.25, 0.3) is 0 Å². The average molecular weight is 123 g/mol. The van der Waals surface area contributed by atoms with Gasteiger partial charge in [0, 0.05) is 13.6 Å². The fourth-order valence-electron chi connectivity index (χ4n) is 0.356. The van der Waals surface area contributed by atoms with E-state index in [1.54, 1.807) is 0 Å². The van der Waals surface area contributed by atoms with Gasteiger partial charge in [-0.2, -0.15) is 0 Å². The van der Waals surface area contributed by atoms with E-state index in [1.807, 2.05) is 0 Å². The molecule has 50 valence electrons. The Kier molecular flexibility index (Phi) is 3.69. The van der Waals surface area contributed by atoms with Crippen LogP contribution < -0.4 is 0 Å². The highest BCUT2D eigenvalue weighted by Gasteiger charge is 1.99. The molecule has 0 aromatic carbocycles. The molecule has 3 heteroatoms. The van der Waals surface area contributed by atoms with Gasteiger partial charge < -0.3 is 0 Å². The third-order valence-corrected chi connectivity index (χ3v) is 0.835. The van der Waals surface area contributed by atoms with Crippen molar-refractivity contribution < 1.29 is 8.87 Å². The summed E-state index contributed by atoms with van der Waals surface area (Å²) in [5.74, 6) is 0. The van der Waals surface area contributed by atoms with E-state index in [9.17, 15) is 8.87 Å². The van der Waals surface area contributed by atoms with Crippen molar-refractivity contribution >= 4 is 0 Å². The molecule has 0 aliphatic carbocycles. The van der Waals surface area contributed by atoms with Crippen LogP contribution >= 0.6 is 0 Å². The fourth-order valence-corrected chi connectivity index (χ4v) is 0.356. The van der Waals surface area contributed by atoms with Crippen molar-refractivity contribution in [3.8, 4) is 0 Å². The topological polar surface area (TPSA) is 3.24 Å². The van der Waals surface area contributed by atoms with Crippen molar-refractivity contribution in [1.82, 2.24) is 5.12 Å². The van der Waals surface area contributed by atoms with Gasteiger partial charge in [0.05, 0.1) is 6.17 Å². The number of alkyl halides is 1. The Morgan fingerprint density at radius 3 is 2.25 bits per heavy atom. The molecule has 0 heterocycles. The zero-order chi connectivity index (χ0) is 6.57. The van der Waals surface area contributed by atoms with E-state index >= 15 is 0 Å². The van der Waals surface area contributed by atoms with Crippen molar-refractivity contribution in [1.29, 1.82) is 0 Å². The van der Waals surface area contributed by atoms with Gasteiger partial charge in [0.2, 0.25) is 0 Å². The number of halogens is 2. The van der Waals surface area contributed by atoms with Crippen molar-refractivity contribution in [3.05, 3.63) is 0 Å². The summed E-state index contributed by atoms with van der Waals surface area (Å²) in [6.45, 7) is 1.60. The third-order valence-electron chi connectivity index (χ3n) is 0.835. The van der Waals surface area contributed by atoms with Crippen LogP contribution in [-0.2, 0) is 0 Å². The second kappa shape index (κ2) is 3.78. The largest absolute Gasteiger partial charge is 0.248 e. The van der Waals surface area contributed by atoms with Crippen LogP contribution in [0, 0.1) is 0 Å². The van der Waals surface area contributed by atoms with Crippen LogP contribution in [0.2, 0.25) is 0 Å². The molecule has 1 atom stereocenters. The maximum atomic E-state index is 11.9. The Morgan fingerprint density at radius 1 is 1.62 bits per heavy atom. The predicted molar refractivity (Wildman–Crippen MR) is 28.9 cm³/mol. The van der Waals surface area contributed by atoms with E-state index in [4.69, 9.17) is 0 Å². The lowest BCUT2D eigenvalue weighted by atomic mass is 10.3. The highest BCUT2D eigenvalue weighted by molar-refractivity contribution is 4.47. The standard InChI is InChI=1S/C5H11F2N/c1-5(6)3-4-8(2)7/h5H,3-4H2,1-2H3. The summed E-state index contributed by atoms with van der Waals surface area (Å²) in [7, 11) is 1.28. The van der Waals surface area contributed by atoms with Crippen LogP contribution in [0.1, 0.15) is 13.3 Å². The number of rotatable bonds is 3. The molecular weight excluding hydrogens is 112 g/mol. The zero-order valence-corrected chi connectivity index (χ0v) is 5.19. The van der Waals surface area contributed by atoms with Crippen LogP contribution in [0.4, 0.5) is 8.87 Å². The van der Waals surface area contributed by atoms with Crippen LogP contribution in [0.25, 0.3) is 0 Å². The summed E-state index contributed by atoms with van der Waals surface area (Å²) in [6, 6.07) is 0. The van der Waals surface area contributed by atoms with E-state index < -0.39 is 6.17 Å². The zero-order valence-electron chi connectivity index (χ0n) is 5.19. The van der Waals surface area contributed by atoms with Crippen molar-refractivity contribution in [2.45, 2.75) is 19.5 Å². The maximum absolute atomic E-state index is 11.9. The molecule has 0 saturated heterocycles. The minimum absolute atomic E-state index is 0.178. The fraction of sp³-hybridized carbons (Fsp3) is 1.00. The first-order valence-electron chi connectivity index (χ1n) is 2.64. The molecule has 0 saturated carbocycles. The maximum Gasteiger partial charge on any atom is 0.0986 e. The molecule has 0 aromatic heterocycles.